The number of halogens is 3. The van der Waals surface area contributed by atoms with Gasteiger partial charge >= 0.3 is 5.97 Å². The highest BCUT2D eigenvalue weighted by Crippen LogP contribution is 2.35. The van der Waals surface area contributed by atoms with Crippen LogP contribution in [-0.2, 0) is 22.6 Å². The number of carbonyl (C=O) groups excluding carboxylic acids is 2. The Morgan fingerprint density at radius 1 is 1.10 bits per heavy atom. The van der Waals surface area contributed by atoms with E-state index in [1.54, 1.807) is 18.3 Å². The van der Waals surface area contributed by atoms with E-state index in [9.17, 15) is 9.59 Å². The molecule has 0 spiro atoms. The topological polar surface area (TPSA) is 103 Å². The minimum Gasteiger partial charge on any atom is -0.486 e. The van der Waals surface area contributed by atoms with Gasteiger partial charge in [0.1, 0.15) is 12.4 Å². The molecule has 0 bridgehead atoms. The van der Waals surface area contributed by atoms with Crippen molar-refractivity contribution in [2.75, 3.05) is 12.4 Å². The average Bonchev–Trinajstić information content (AvgIpc) is 3.15. The predicted molar refractivity (Wildman–Crippen MR) is 114 cm³/mol. The molecule has 0 aliphatic heterocycles. The molecule has 2 heterocycles. The van der Waals surface area contributed by atoms with Crippen LogP contribution in [-0.4, -0.2) is 33.9 Å². The summed E-state index contributed by atoms with van der Waals surface area (Å²) in [5.74, 6) is -1.01. The molecule has 12 heteroatoms. The van der Waals surface area contributed by atoms with Gasteiger partial charge in [-0.2, -0.15) is 0 Å². The summed E-state index contributed by atoms with van der Waals surface area (Å²) in [6.07, 6.45) is 4.05. The van der Waals surface area contributed by atoms with Crippen LogP contribution in [0, 0.1) is 0 Å². The van der Waals surface area contributed by atoms with Gasteiger partial charge in [-0.05, 0) is 12.1 Å². The predicted octanol–water partition coefficient (Wildman–Crippen LogP) is 4.44. The van der Waals surface area contributed by atoms with E-state index in [0.717, 1.165) is 4.88 Å². The van der Waals surface area contributed by atoms with Crippen molar-refractivity contribution in [1.82, 2.24) is 15.0 Å². The summed E-state index contributed by atoms with van der Waals surface area (Å²) < 4.78 is 10.8. The molecular formula is C18H13Cl3N4O4S. The van der Waals surface area contributed by atoms with Crippen molar-refractivity contribution >= 4 is 63.8 Å². The van der Waals surface area contributed by atoms with Gasteiger partial charge in [-0.25, -0.2) is 19.7 Å². The van der Waals surface area contributed by atoms with Gasteiger partial charge in [-0.15, -0.1) is 11.3 Å². The quantitative estimate of drug-likeness (QED) is 0.491. The average molecular weight is 488 g/mol. The van der Waals surface area contributed by atoms with Crippen molar-refractivity contribution in [2.24, 2.45) is 0 Å². The number of carbonyl (C=O) groups is 2. The van der Waals surface area contributed by atoms with E-state index < -0.39 is 11.9 Å². The van der Waals surface area contributed by atoms with Gasteiger partial charge in [0.05, 0.1) is 23.4 Å². The standard InChI is InChI=1S/C18H13Cl3N4O4S/c1-28-17(27)14-16(23-5-4-22-14)25-13(26)6-10-11(19)2-3-12(20)15(10)29-8-9-7-24-18(21)30-9/h2-5,7H,6,8H2,1H3,(H,23,25,26). The van der Waals surface area contributed by atoms with Crippen LogP contribution in [0.2, 0.25) is 14.5 Å². The van der Waals surface area contributed by atoms with E-state index in [0.29, 0.717) is 15.1 Å². The summed E-state index contributed by atoms with van der Waals surface area (Å²) in [7, 11) is 1.20. The number of benzene rings is 1. The van der Waals surface area contributed by atoms with Crippen molar-refractivity contribution in [2.45, 2.75) is 13.0 Å². The number of rotatable bonds is 7. The third-order valence-electron chi connectivity index (χ3n) is 3.71. The summed E-state index contributed by atoms with van der Waals surface area (Å²) in [5.41, 5.74) is 0.255. The minimum absolute atomic E-state index is 0.0331. The first-order valence-corrected chi connectivity index (χ1v) is 10.2. The lowest BCUT2D eigenvalue weighted by molar-refractivity contribution is -0.115. The minimum atomic E-state index is -0.730. The fourth-order valence-corrected chi connectivity index (χ4v) is 3.74. The Labute approximate surface area is 190 Å². The van der Waals surface area contributed by atoms with E-state index in [1.165, 1.54) is 30.8 Å². The molecule has 0 fully saturated rings. The molecule has 156 valence electrons. The Kier molecular flexibility index (Phi) is 7.43. The highest BCUT2D eigenvalue weighted by molar-refractivity contribution is 7.15. The number of thiazole rings is 1. The monoisotopic (exact) mass is 486 g/mol. The van der Waals surface area contributed by atoms with Crippen LogP contribution in [0.3, 0.4) is 0 Å². The number of nitrogens with one attached hydrogen (secondary N) is 1. The smallest absolute Gasteiger partial charge is 0.360 e. The summed E-state index contributed by atoms with van der Waals surface area (Å²) in [6.45, 7) is 0.149. The molecule has 0 aliphatic carbocycles. The van der Waals surface area contributed by atoms with E-state index in [-0.39, 0.29) is 35.3 Å². The molecular weight excluding hydrogens is 475 g/mol. The highest BCUT2D eigenvalue weighted by atomic mass is 35.5. The first-order chi connectivity index (χ1) is 14.4. The molecule has 0 atom stereocenters. The highest BCUT2D eigenvalue weighted by Gasteiger charge is 2.20. The second-order valence-electron chi connectivity index (χ2n) is 5.68. The zero-order valence-corrected chi connectivity index (χ0v) is 18.4. The second kappa shape index (κ2) is 10.0. The van der Waals surface area contributed by atoms with Crippen molar-refractivity contribution in [3.05, 3.63) is 61.4 Å². The van der Waals surface area contributed by atoms with E-state index in [2.05, 4.69) is 25.0 Å². The summed E-state index contributed by atoms with van der Waals surface area (Å²) in [4.78, 5) is 37.0. The number of aromatic nitrogens is 3. The molecule has 8 nitrogen and oxygen atoms in total. The number of hydrogen-bond acceptors (Lipinski definition) is 8. The molecule has 0 saturated heterocycles. The molecule has 0 radical (unpaired) electrons. The summed E-state index contributed by atoms with van der Waals surface area (Å²) in [5, 5.41) is 3.10. The fraction of sp³-hybridized carbons (Fsp3) is 0.167. The molecule has 1 amide bonds. The van der Waals surface area contributed by atoms with Crippen molar-refractivity contribution < 1.29 is 19.1 Å². The number of amides is 1. The van der Waals surface area contributed by atoms with Gasteiger partial charge in [0, 0.05) is 29.2 Å². The molecule has 3 rings (SSSR count). The number of hydrogen-bond donors (Lipinski definition) is 1. The van der Waals surface area contributed by atoms with E-state index in [4.69, 9.17) is 39.5 Å². The number of ether oxygens (including phenoxy) is 2. The Balaban J connectivity index is 1.80. The number of esters is 1. The van der Waals surface area contributed by atoms with Crippen LogP contribution in [0.4, 0.5) is 5.82 Å². The molecule has 30 heavy (non-hydrogen) atoms. The van der Waals surface area contributed by atoms with Gasteiger partial charge < -0.3 is 14.8 Å². The van der Waals surface area contributed by atoms with Crippen molar-refractivity contribution in [3.63, 3.8) is 0 Å². The van der Waals surface area contributed by atoms with Crippen LogP contribution < -0.4 is 10.1 Å². The van der Waals surface area contributed by atoms with Gasteiger partial charge in [-0.1, -0.05) is 34.8 Å². The number of methoxy groups -OCH3 is 1. The van der Waals surface area contributed by atoms with Crippen LogP contribution in [0.25, 0.3) is 0 Å². The molecule has 3 aromatic rings. The summed E-state index contributed by atoms with van der Waals surface area (Å²) >= 11 is 19.6. The molecule has 1 N–H and O–H groups in total. The SMILES string of the molecule is COC(=O)c1nccnc1NC(=O)Cc1c(Cl)ccc(Cl)c1OCc1cnc(Cl)s1. The Bertz CT molecular complexity index is 1090. The van der Waals surface area contributed by atoms with Crippen LogP contribution in [0.15, 0.2) is 30.7 Å². The maximum atomic E-state index is 12.6. The lowest BCUT2D eigenvalue weighted by Crippen LogP contribution is -2.20. The second-order valence-corrected chi connectivity index (χ2v) is 8.19. The Hall–Kier alpha value is -2.46. The first kappa shape index (κ1) is 22.2. The van der Waals surface area contributed by atoms with Gasteiger partial charge in [-0.3, -0.25) is 4.79 Å². The lowest BCUT2D eigenvalue weighted by Gasteiger charge is -2.14. The number of anilines is 1. The maximum absolute atomic E-state index is 12.6. The summed E-state index contributed by atoms with van der Waals surface area (Å²) in [6, 6.07) is 3.13. The molecule has 1 aromatic carbocycles. The zero-order chi connectivity index (χ0) is 21.7. The van der Waals surface area contributed by atoms with Crippen LogP contribution >= 0.6 is 46.1 Å². The third kappa shape index (κ3) is 5.37. The largest absolute Gasteiger partial charge is 0.486 e. The maximum Gasteiger partial charge on any atom is 0.360 e. The van der Waals surface area contributed by atoms with Crippen LogP contribution in [0.1, 0.15) is 20.9 Å². The molecule has 2 aromatic heterocycles. The van der Waals surface area contributed by atoms with Gasteiger partial charge in [0.2, 0.25) is 5.91 Å². The van der Waals surface area contributed by atoms with Crippen molar-refractivity contribution in [1.29, 1.82) is 0 Å². The van der Waals surface area contributed by atoms with E-state index in [1.807, 2.05) is 0 Å². The van der Waals surface area contributed by atoms with Gasteiger partial charge in [0.25, 0.3) is 0 Å². The van der Waals surface area contributed by atoms with Crippen molar-refractivity contribution in [3.8, 4) is 5.75 Å². The first-order valence-electron chi connectivity index (χ1n) is 8.28. The van der Waals surface area contributed by atoms with Gasteiger partial charge in [0.15, 0.2) is 16.0 Å². The fourth-order valence-electron chi connectivity index (χ4n) is 2.40. The molecule has 0 aliphatic rings. The number of nitrogens with zero attached hydrogens (tertiary/aromatic N) is 3. The third-order valence-corrected chi connectivity index (χ3v) is 5.45. The van der Waals surface area contributed by atoms with Crippen LogP contribution in [0.5, 0.6) is 5.75 Å². The molecule has 0 saturated carbocycles. The normalized spacial score (nSPS) is 10.5. The Morgan fingerprint density at radius 3 is 2.53 bits per heavy atom. The Morgan fingerprint density at radius 2 is 1.83 bits per heavy atom. The zero-order valence-electron chi connectivity index (χ0n) is 15.3. The van der Waals surface area contributed by atoms with E-state index >= 15 is 0 Å². The molecule has 0 unspecified atom stereocenters. The lowest BCUT2D eigenvalue weighted by atomic mass is 10.1.